The summed E-state index contributed by atoms with van der Waals surface area (Å²) in [6, 6.07) is 56.9. The van der Waals surface area contributed by atoms with Crippen LogP contribution < -0.4 is 0 Å². The fourth-order valence-electron chi connectivity index (χ4n) is 7.50. The Labute approximate surface area is 265 Å². The summed E-state index contributed by atoms with van der Waals surface area (Å²) in [5, 5.41) is 16.2. The number of hydrogen-bond donors (Lipinski definition) is 0. The summed E-state index contributed by atoms with van der Waals surface area (Å²) < 4.78 is 4.43. The lowest BCUT2D eigenvalue weighted by atomic mass is 9.92. The molecule has 46 heavy (non-hydrogen) atoms. The van der Waals surface area contributed by atoms with Gasteiger partial charge < -0.3 is 4.57 Å². The van der Waals surface area contributed by atoms with Gasteiger partial charge in [-0.2, -0.15) is 5.10 Å². The third-order valence-electron chi connectivity index (χ3n) is 9.59. The molecule has 0 aliphatic carbocycles. The normalized spacial score (nSPS) is 11.9. The van der Waals surface area contributed by atoms with Gasteiger partial charge in [-0.1, -0.05) is 109 Å². The zero-order valence-corrected chi connectivity index (χ0v) is 24.9. The summed E-state index contributed by atoms with van der Waals surface area (Å²) >= 11 is 0. The van der Waals surface area contributed by atoms with Crippen molar-refractivity contribution < 1.29 is 0 Å². The largest absolute Gasteiger partial charge is 0.309 e. The molecular weight excluding hydrogens is 558 g/mol. The topological polar surface area (TPSA) is 22.8 Å². The number of nitrogens with zero attached hydrogens (tertiary/aromatic N) is 3. The Morgan fingerprint density at radius 3 is 1.63 bits per heavy atom. The van der Waals surface area contributed by atoms with Gasteiger partial charge in [0.2, 0.25) is 0 Å². The van der Waals surface area contributed by atoms with Gasteiger partial charge in [-0.15, -0.1) is 0 Å². The van der Waals surface area contributed by atoms with Crippen LogP contribution in [0.3, 0.4) is 0 Å². The lowest BCUT2D eigenvalue weighted by molar-refractivity contribution is 0.911. The van der Waals surface area contributed by atoms with Crippen molar-refractivity contribution in [1.29, 1.82) is 0 Å². The third-order valence-corrected chi connectivity index (χ3v) is 9.59. The van der Waals surface area contributed by atoms with Crippen LogP contribution in [0.1, 0.15) is 0 Å². The molecule has 0 amide bonds. The van der Waals surface area contributed by atoms with Crippen molar-refractivity contribution in [1.82, 2.24) is 14.3 Å². The van der Waals surface area contributed by atoms with Crippen molar-refractivity contribution in [2.24, 2.45) is 0 Å². The van der Waals surface area contributed by atoms with Crippen molar-refractivity contribution in [3.8, 4) is 22.5 Å². The molecule has 10 rings (SSSR count). The Balaban J connectivity index is 1.16. The predicted molar refractivity (Wildman–Crippen MR) is 193 cm³/mol. The second-order valence-electron chi connectivity index (χ2n) is 12.0. The first kappa shape index (κ1) is 25.2. The molecule has 0 fully saturated rings. The fourth-order valence-corrected chi connectivity index (χ4v) is 7.50. The number of para-hydroxylation sites is 2. The van der Waals surface area contributed by atoms with E-state index in [4.69, 9.17) is 5.10 Å². The molecule has 10 aromatic rings. The van der Waals surface area contributed by atoms with Crippen LogP contribution in [0.25, 0.3) is 87.5 Å². The van der Waals surface area contributed by atoms with E-state index in [2.05, 4.69) is 156 Å². The van der Waals surface area contributed by atoms with Gasteiger partial charge in [0.05, 0.1) is 28.4 Å². The van der Waals surface area contributed by atoms with Crippen LogP contribution in [0.4, 0.5) is 0 Å². The van der Waals surface area contributed by atoms with E-state index in [0.29, 0.717) is 0 Å². The van der Waals surface area contributed by atoms with Crippen molar-refractivity contribution in [2.75, 3.05) is 0 Å². The highest BCUT2D eigenvalue weighted by molar-refractivity contribution is 6.25. The number of fused-ring (bicyclic) bond motifs is 11. The van der Waals surface area contributed by atoms with Crippen LogP contribution in [0.2, 0.25) is 0 Å². The van der Waals surface area contributed by atoms with Crippen molar-refractivity contribution in [3.63, 3.8) is 0 Å². The van der Waals surface area contributed by atoms with E-state index in [0.717, 1.165) is 22.3 Å². The van der Waals surface area contributed by atoms with E-state index in [1.807, 2.05) is 16.9 Å². The molecule has 2 aromatic heterocycles. The maximum Gasteiger partial charge on any atom is 0.0762 e. The Morgan fingerprint density at radius 2 is 0.913 bits per heavy atom. The first-order valence-electron chi connectivity index (χ1n) is 15.7. The highest BCUT2D eigenvalue weighted by Gasteiger charge is 2.18. The van der Waals surface area contributed by atoms with Crippen molar-refractivity contribution in [2.45, 2.75) is 0 Å². The molecule has 0 saturated carbocycles. The Morgan fingerprint density at radius 1 is 0.348 bits per heavy atom. The smallest absolute Gasteiger partial charge is 0.0762 e. The summed E-state index contributed by atoms with van der Waals surface area (Å²) in [6.07, 6.45) is 2.01. The van der Waals surface area contributed by atoms with Crippen LogP contribution in [0.15, 0.2) is 164 Å². The molecule has 0 N–H and O–H groups in total. The van der Waals surface area contributed by atoms with E-state index < -0.39 is 0 Å². The molecular formula is C43H27N3. The molecule has 3 heteroatoms. The molecule has 0 atom stereocenters. The van der Waals surface area contributed by atoms with Crippen LogP contribution >= 0.6 is 0 Å². The minimum atomic E-state index is 1.06. The van der Waals surface area contributed by atoms with Crippen LogP contribution in [-0.4, -0.2) is 14.3 Å². The monoisotopic (exact) mass is 585 g/mol. The number of benzene rings is 8. The standard InChI is InChI=1S/C43H27N3/c1-2-10-31(11-3-1)46-42-25-24-38-37-16-8-9-17-41(37)45(43(38)40(42)27-44-46)30-21-18-28(19-22-30)29-20-23-36-34-14-5-4-12-32(34)33-13-6-7-15-35(33)39(36)26-29/h1-27H. The van der Waals surface area contributed by atoms with Crippen LogP contribution in [0.5, 0.6) is 0 Å². The molecule has 0 aliphatic rings. The molecule has 0 aliphatic heterocycles. The Kier molecular flexibility index (Phi) is 5.28. The molecule has 0 saturated heterocycles. The summed E-state index contributed by atoms with van der Waals surface area (Å²) in [7, 11) is 0. The minimum Gasteiger partial charge on any atom is -0.309 e. The van der Waals surface area contributed by atoms with Crippen molar-refractivity contribution in [3.05, 3.63) is 164 Å². The summed E-state index contributed by atoms with van der Waals surface area (Å²) in [5.74, 6) is 0. The predicted octanol–water partition coefficient (Wildman–Crippen LogP) is 11.2. The van der Waals surface area contributed by atoms with Gasteiger partial charge in [-0.3, -0.25) is 0 Å². The molecule has 0 radical (unpaired) electrons. The van der Waals surface area contributed by atoms with Gasteiger partial charge in [0.15, 0.2) is 0 Å². The summed E-state index contributed by atoms with van der Waals surface area (Å²) in [6.45, 7) is 0. The SMILES string of the molecule is c1ccc(-n2ncc3c2ccc2c4ccccc4n(-c4ccc(-c5ccc6c7ccccc7c7ccccc7c6c5)cc4)c23)cc1. The molecule has 0 spiro atoms. The van der Waals surface area contributed by atoms with E-state index in [-0.39, 0.29) is 0 Å². The first-order chi connectivity index (χ1) is 22.8. The number of aromatic nitrogens is 3. The third kappa shape index (κ3) is 3.57. The highest BCUT2D eigenvalue weighted by atomic mass is 15.3. The second kappa shape index (κ2) is 9.65. The van der Waals surface area contributed by atoms with Crippen LogP contribution in [0, 0.1) is 0 Å². The molecule has 2 heterocycles. The van der Waals surface area contributed by atoms with E-state index >= 15 is 0 Å². The van der Waals surface area contributed by atoms with E-state index in [1.54, 1.807) is 0 Å². The first-order valence-corrected chi connectivity index (χ1v) is 15.7. The summed E-state index contributed by atoms with van der Waals surface area (Å²) in [4.78, 5) is 0. The average Bonchev–Trinajstić information content (AvgIpc) is 3.72. The number of hydrogen-bond acceptors (Lipinski definition) is 1. The van der Waals surface area contributed by atoms with E-state index in [9.17, 15) is 0 Å². The zero-order valence-electron chi connectivity index (χ0n) is 24.9. The highest BCUT2D eigenvalue weighted by Crippen LogP contribution is 2.39. The number of rotatable bonds is 3. The summed E-state index contributed by atoms with van der Waals surface area (Å²) in [5.41, 5.74) is 8.06. The second-order valence-corrected chi connectivity index (χ2v) is 12.0. The Hall–Kier alpha value is -6.19. The quantitative estimate of drug-likeness (QED) is 0.189. The van der Waals surface area contributed by atoms with Crippen molar-refractivity contribution >= 4 is 65.0 Å². The van der Waals surface area contributed by atoms with Gasteiger partial charge in [0.1, 0.15) is 0 Å². The van der Waals surface area contributed by atoms with Gasteiger partial charge >= 0.3 is 0 Å². The van der Waals surface area contributed by atoms with Gasteiger partial charge in [-0.05, 0) is 92.0 Å². The van der Waals surface area contributed by atoms with Gasteiger partial charge in [0, 0.05) is 21.8 Å². The average molecular weight is 586 g/mol. The molecule has 214 valence electrons. The van der Waals surface area contributed by atoms with Gasteiger partial charge in [0.25, 0.3) is 0 Å². The maximum absolute atomic E-state index is 4.84. The molecule has 8 aromatic carbocycles. The minimum absolute atomic E-state index is 1.06. The fraction of sp³-hybridized carbons (Fsp3) is 0. The molecule has 3 nitrogen and oxygen atoms in total. The molecule has 0 unspecified atom stereocenters. The zero-order chi connectivity index (χ0) is 30.2. The Bertz CT molecular complexity index is 2750. The molecule has 0 bridgehead atoms. The van der Waals surface area contributed by atoms with E-state index in [1.165, 1.54) is 65.3 Å². The van der Waals surface area contributed by atoms with Gasteiger partial charge in [-0.25, -0.2) is 4.68 Å². The maximum atomic E-state index is 4.84. The lowest BCUT2D eigenvalue weighted by Crippen LogP contribution is -1.96. The van der Waals surface area contributed by atoms with Crippen LogP contribution in [-0.2, 0) is 0 Å². The lowest BCUT2D eigenvalue weighted by Gasteiger charge is -2.13.